The van der Waals surface area contributed by atoms with Gasteiger partial charge in [-0.2, -0.15) is 4.31 Å². The Balaban J connectivity index is 1.59. The highest BCUT2D eigenvalue weighted by Gasteiger charge is 2.33. The van der Waals surface area contributed by atoms with Gasteiger partial charge in [0, 0.05) is 31.9 Å². The number of nitrogens with one attached hydrogen (secondary N) is 1. The molecule has 29 heavy (non-hydrogen) atoms. The topological polar surface area (TPSA) is 79.0 Å². The second-order valence-electron chi connectivity index (χ2n) is 6.76. The number of piperazine rings is 1. The number of methoxy groups -OCH3 is 1. The molecule has 0 aliphatic carbocycles. The zero-order valence-corrected chi connectivity index (χ0v) is 17.2. The van der Waals surface area contributed by atoms with Crippen molar-refractivity contribution < 1.29 is 22.3 Å². The average molecular weight is 421 g/mol. The molecule has 156 valence electrons. The first-order valence-corrected chi connectivity index (χ1v) is 10.7. The van der Waals surface area contributed by atoms with Crippen molar-refractivity contribution in [1.29, 1.82) is 0 Å². The smallest absolute Gasteiger partial charge is 0.246 e. The highest BCUT2D eigenvalue weighted by atomic mass is 32.2. The molecule has 2 aromatic carbocycles. The second-order valence-corrected chi connectivity index (χ2v) is 8.67. The summed E-state index contributed by atoms with van der Waals surface area (Å²) in [6.45, 7) is 2.92. The molecule has 3 rings (SSSR count). The molecule has 1 atom stereocenters. The van der Waals surface area contributed by atoms with Crippen molar-refractivity contribution in [3.05, 3.63) is 54.3 Å². The number of carbonyl (C=O) groups excluding carboxylic acids is 1. The van der Waals surface area contributed by atoms with Crippen molar-refractivity contribution in [2.45, 2.75) is 17.9 Å². The summed E-state index contributed by atoms with van der Waals surface area (Å²) >= 11 is 0. The van der Waals surface area contributed by atoms with E-state index in [0.29, 0.717) is 24.5 Å². The Morgan fingerprint density at radius 3 is 2.28 bits per heavy atom. The zero-order valence-electron chi connectivity index (χ0n) is 16.3. The van der Waals surface area contributed by atoms with Crippen molar-refractivity contribution in [2.75, 3.05) is 38.6 Å². The molecular weight excluding hydrogens is 397 g/mol. The minimum Gasteiger partial charge on any atom is -0.497 e. The van der Waals surface area contributed by atoms with E-state index in [1.807, 2.05) is 4.90 Å². The number of hydrogen-bond donors (Lipinski definition) is 1. The molecule has 9 heteroatoms. The molecule has 0 saturated carbocycles. The van der Waals surface area contributed by atoms with Gasteiger partial charge in [0.1, 0.15) is 16.5 Å². The molecule has 0 unspecified atom stereocenters. The van der Waals surface area contributed by atoms with Crippen LogP contribution < -0.4 is 10.1 Å². The number of halogens is 1. The summed E-state index contributed by atoms with van der Waals surface area (Å²) in [4.78, 5) is 14.1. The number of ether oxygens (including phenoxy) is 1. The van der Waals surface area contributed by atoms with Gasteiger partial charge in [0.2, 0.25) is 15.9 Å². The lowest BCUT2D eigenvalue weighted by Gasteiger charge is -2.36. The molecule has 7 nitrogen and oxygen atoms in total. The first-order valence-electron chi connectivity index (χ1n) is 9.26. The fourth-order valence-electron chi connectivity index (χ4n) is 3.21. The van der Waals surface area contributed by atoms with Crippen LogP contribution in [-0.2, 0) is 14.8 Å². The number of rotatable bonds is 6. The zero-order chi connectivity index (χ0) is 21.0. The predicted molar refractivity (Wildman–Crippen MR) is 108 cm³/mol. The van der Waals surface area contributed by atoms with E-state index in [9.17, 15) is 17.6 Å². The lowest BCUT2D eigenvalue weighted by atomic mass is 10.2. The van der Waals surface area contributed by atoms with Crippen LogP contribution in [0.3, 0.4) is 0 Å². The van der Waals surface area contributed by atoms with Gasteiger partial charge in [-0.25, -0.2) is 12.8 Å². The second kappa shape index (κ2) is 8.89. The molecule has 1 aliphatic rings. The van der Waals surface area contributed by atoms with E-state index in [1.54, 1.807) is 38.3 Å². The first kappa shape index (κ1) is 21.2. The summed E-state index contributed by atoms with van der Waals surface area (Å²) in [5, 5.41) is 2.85. The molecule has 1 heterocycles. The quantitative estimate of drug-likeness (QED) is 0.773. The van der Waals surface area contributed by atoms with Crippen molar-refractivity contribution in [1.82, 2.24) is 9.21 Å². The Morgan fingerprint density at radius 2 is 1.69 bits per heavy atom. The summed E-state index contributed by atoms with van der Waals surface area (Å²) in [5.41, 5.74) is 0.656. The molecule has 0 bridgehead atoms. The highest BCUT2D eigenvalue weighted by molar-refractivity contribution is 7.89. The van der Waals surface area contributed by atoms with Gasteiger partial charge in [0.15, 0.2) is 0 Å². The van der Waals surface area contributed by atoms with Crippen LogP contribution in [0.15, 0.2) is 53.4 Å². The molecule has 1 fully saturated rings. The van der Waals surface area contributed by atoms with Gasteiger partial charge < -0.3 is 10.1 Å². The Morgan fingerprint density at radius 1 is 1.07 bits per heavy atom. The molecule has 1 aliphatic heterocycles. The predicted octanol–water partition coefficient (Wildman–Crippen LogP) is 2.17. The Labute approximate surface area is 170 Å². The first-order chi connectivity index (χ1) is 13.8. The SMILES string of the molecule is COc1ccc(NC(=O)[C@H](C)N2CCN(S(=O)(=O)c3ccccc3F)CC2)cc1. The van der Waals surface area contributed by atoms with Crippen LogP contribution in [-0.4, -0.2) is 62.9 Å². The van der Waals surface area contributed by atoms with Crippen molar-refractivity contribution >= 4 is 21.6 Å². The third kappa shape index (κ3) is 4.75. The van der Waals surface area contributed by atoms with E-state index in [4.69, 9.17) is 4.74 Å². The van der Waals surface area contributed by atoms with Crippen LogP contribution >= 0.6 is 0 Å². The van der Waals surface area contributed by atoms with Gasteiger partial charge in [-0.1, -0.05) is 12.1 Å². The van der Waals surface area contributed by atoms with E-state index < -0.39 is 21.9 Å². The molecule has 0 spiro atoms. The maximum absolute atomic E-state index is 13.9. The van der Waals surface area contributed by atoms with E-state index >= 15 is 0 Å². The lowest BCUT2D eigenvalue weighted by molar-refractivity contribution is -0.121. The van der Waals surface area contributed by atoms with Crippen molar-refractivity contribution in [3.8, 4) is 5.75 Å². The maximum Gasteiger partial charge on any atom is 0.246 e. The van der Waals surface area contributed by atoms with E-state index in [-0.39, 0.29) is 23.9 Å². The van der Waals surface area contributed by atoms with E-state index in [0.717, 1.165) is 6.07 Å². The Kier molecular flexibility index (Phi) is 6.51. The van der Waals surface area contributed by atoms with Gasteiger partial charge >= 0.3 is 0 Å². The summed E-state index contributed by atoms with van der Waals surface area (Å²) in [6.07, 6.45) is 0. The van der Waals surface area contributed by atoms with E-state index in [2.05, 4.69) is 5.32 Å². The normalized spacial score (nSPS) is 16.9. The van der Waals surface area contributed by atoms with Gasteiger partial charge in [0.05, 0.1) is 13.2 Å². The average Bonchev–Trinajstić information content (AvgIpc) is 2.74. The number of benzene rings is 2. The summed E-state index contributed by atoms with van der Waals surface area (Å²) in [5.74, 6) is -0.244. The van der Waals surface area contributed by atoms with E-state index in [1.165, 1.54) is 22.5 Å². The summed E-state index contributed by atoms with van der Waals surface area (Å²) in [6, 6.07) is 11.9. The maximum atomic E-state index is 13.9. The Bertz CT molecular complexity index is 958. The minimum atomic E-state index is -3.90. The number of hydrogen-bond acceptors (Lipinski definition) is 5. The van der Waals surface area contributed by atoms with Crippen LogP contribution in [0.25, 0.3) is 0 Å². The standard InChI is InChI=1S/C20H24FN3O4S/c1-15(20(25)22-16-7-9-17(28-2)10-8-16)23-11-13-24(14-12-23)29(26,27)19-6-4-3-5-18(19)21/h3-10,15H,11-14H2,1-2H3,(H,22,25)/t15-/m0/s1. The van der Waals surface area contributed by atoms with Gasteiger partial charge in [-0.15, -0.1) is 0 Å². The largest absolute Gasteiger partial charge is 0.497 e. The third-order valence-corrected chi connectivity index (χ3v) is 6.94. The van der Waals surface area contributed by atoms with Crippen LogP contribution in [0.1, 0.15) is 6.92 Å². The molecule has 0 aromatic heterocycles. The monoisotopic (exact) mass is 421 g/mol. The van der Waals surface area contributed by atoms with Crippen LogP contribution in [0.4, 0.5) is 10.1 Å². The molecular formula is C20H24FN3O4S. The Hall–Kier alpha value is -2.49. The molecule has 0 radical (unpaired) electrons. The minimum absolute atomic E-state index is 0.180. The van der Waals surface area contributed by atoms with Crippen LogP contribution in [0.5, 0.6) is 5.75 Å². The van der Waals surface area contributed by atoms with Crippen molar-refractivity contribution in [2.24, 2.45) is 0 Å². The number of anilines is 1. The fourth-order valence-corrected chi connectivity index (χ4v) is 4.70. The molecule has 2 aromatic rings. The van der Waals surface area contributed by atoms with Crippen molar-refractivity contribution in [3.63, 3.8) is 0 Å². The number of nitrogens with zero attached hydrogens (tertiary/aromatic N) is 2. The van der Waals surface area contributed by atoms with Gasteiger partial charge in [-0.3, -0.25) is 9.69 Å². The number of amides is 1. The fraction of sp³-hybridized carbons (Fsp3) is 0.350. The number of sulfonamides is 1. The molecule has 1 amide bonds. The lowest BCUT2D eigenvalue weighted by Crippen LogP contribution is -2.54. The molecule has 1 N–H and O–H groups in total. The summed E-state index contributed by atoms with van der Waals surface area (Å²) in [7, 11) is -2.33. The van der Waals surface area contributed by atoms with Gasteiger partial charge in [-0.05, 0) is 43.3 Å². The van der Waals surface area contributed by atoms with Crippen LogP contribution in [0.2, 0.25) is 0 Å². The summed E-state index contributed by atoms with van der Waals surface area (Å²) < 4.78 is 45.7. The van der Waals surface area contributed by atoms with Gasteiger partial charge in [0.25, 0.3) is 0 Å². The molecule has 1 saturated heterocycles. The number of carbonyl (C=O) groups is 1. The highest BCUT2D eigenvalue weighted by Crippen LogP contribution is 2.21. The third-order valence-electron chi connectivity index (χ3n) is 5.01. The van der Waals surface area contributed by atoms with Crippen LogP contribution in [0, 0.1) is 5.82 Å².